The third-order valence-corrected chi connectivity index (χ3v) is 6.46. The zero-order valence-electron chi connectivity index (χ0n) is 15.2. The first-order valence-corrected chi connectivity index (χ1v) is 9.95. The Kier molecular flexibility index (Phi) is 7.91. The molecule has 0 atom stereocenters. The zero-order chi connectivity index (χ0) is 17.4. The Balaban J connectivity index is 2.04. The van der Waals surface area contributed by atoms with Crippen LogP contribution in [0.3, 0.4) is 0 Å². The maximum atomic E-state index is 6.28. The molecule has 0 amide bonds. The van der Waals surface area contributed by atoms with Crippen LogP contribution in [0.1, 0.15) is 38.8 Å². The van der Waals surface area contributed by atoms with Gasteiger partial charge in [-0.1, -0.05) is 88.4 Å². The summed E-state index contributed by atoms with van der Waals surface area (Å²) in [6.07, 6.45) is 0. The molecule has 0 spiro atoms. The summed E-state index contributed by atoms with van der Waals surface area (Å²) in [5.41, 5.74) is 2.81. The van der Waals surface area contributed by atoms with Crippen LogP contribution in [0.2, 0.25) is 0 Å². The van der Waals surface area contributed by atoms with E-state index in [0.717, 1.165) is 0 Å². The second-order valence-corrected chi connectivity index (χ2v) is 8.47. The lowest BCUT2D eigenvalue weighted by atomic mass is 10.00. The fourth-order valence-corrected chi connectivity index (χ4v) is 4.84. The summed E-state index contributed by atoms with van der Waals surface area (Å²) in [5, 5.41) is 0. The molecule has 3 heteroatoms. The Hall–Kier alpha value is -1.21. The maximum Gasteiger partial charge on any atom is 0.174 e. The maximum absolute atomic E-state index is 6.28. The van der Waals surface area contributed by atoms with E-state index < -0.39 is 8.38 Å². The van der Waals surface area contributed by atoms with Gasteiger partial charge in [-0.25, -0.2) is 0 Å². The smallest absolute Gasteiger partial charge is 0.174 e. The largest absolute Gasteiger partial charge is 0.329 e. The Morgan fingerprint density at radius 2 is 1.04 bits per heavy atom. The average molecular weight is 344 g/mol. The van der Waals surface area contributed by atoms with Crippen molar-refractivity contribution in [2.24, 2.45) is 11.8 Å². The Labute approximate surface area is 148 Å². The van der Waals surface area contributed by atoms with Crippen LogP contribution >= 0.6 is 8.38 Å². The minimum absolute atomic E-state index is 0.424. The summed E-state index contributed by atoms with van der Waals surface area (Å²) < 4.78 is 12.6. The first kappa shape index (κ1) is 19.1. The van der Waals surface area contributed by atoms with E-state index in [1.165, 1.54) is 11.1 Å². The molecular weight excluding hydrogens is 315 g/mol. The third kappa shape index (κ3) is 6.02. The van der Waals surface area contributed by atoms with E-state index in [-0.39, 0.29) is 0 Å². The predicted molar refractivity (Wildman–Crippen MR) is 103 cm³/mol. The molecule has 0 N–H and O–H groups in total. The van der Waals surface area contributed by atoms with E-state index in [1.54, 1.807) is 0 Å². The molecule has 0 aromatic heterocycles. The molecule has 24 heavy (non-hydrogen) atoms. The van der Waals surface area contributed by atoms with Crippen LogP contribution < -0.4 is 0 Å². The van der Waals surface area contributed by atoms with E-state index in [1.807, 2.05) is 36.4 Å². The van der Waals surface area contributed by atoms with Crippen molar-refractivity contribution in [2.45, 2.75) is 46.6 Å². The van der Waals surface area contributed by atoms with Gasteiger partial charge >= 0.3 is 0 Å². The molecule has 0 radical (unpaired) electrons. The quantitative estimate of drug-likeness (QED) is 0.489. The van der Waals surface area contributed by atoms with Crippen LogP contribution in [0.5, 0.6) is 0 Å². The van der Waals surface area contributed by atoms with Gasteiger partial charge in [0.2, 0.25) is 0 Å². The zero-order valence-corrected chi connectivity index (χ0v) is 16.1. The van der Waals surface area contributed by atoms with E-state index in [0.29, 0.717) is 30.7 Å². The highest BCUT2D eigenvalue weighted by Gasteiger charge is 2.30. The summed E-state index contributed by atoms with van der Waals surface area (Å²) in [5.74, 6) is 1.06. The third-order valence-electron chi connectivity index (χ3n) is 4.01. The fraction of sp³-hybridized carbons (Fsp3) is 0.429. The molecule has 0 aliphatic carbocycles. The first-order chi connectivity index (χ1) is 11.6. The number of hydrogen-bond acceptors (Lipinski definition) is 2. The molecule has 130 valence electrons. The molecule has 0 fully saturated rings. The van der Waals surface area contributed by atoms with Gasteiger partial charge in [-0.05, 0) is 23.0 Å². The summed E-state index contributed by atoms with van der Waals surface area (Å²) in [6, 6.07) is 20.7. The lowest BCUT2D eigenvalue weighted by Crippen LogP contribution is -2.22. The van der Waals surface area contributed by atoms with Gasteiger partial charge < -0.3 is 9.05 Å². The predicted octanol–water partition coefficient (Wildman–Crippen LogP) is 6.41. The van der Waals surface area contributed by atoms with E-state index in [2.05, 4.69) is 52.0 Å². The Morgan fingerprint density at radius 3 is 1.38 bits per heavy atom. The van der Waals surface area contributed by atoms with Gasteiger partial charge in [-0.2, -0.15) is 0 Å². The van der Waals surface area contributed by atoms with Crippen LogP contribution in [0, 0.1) is 11.8 Å². The number of rotatable bonds is 9. The van der Waals surface area contributed by atoms with Crippen molar-refractivity contribution >= 4 is 8.38 Å². The monoisotopic (exact) mass is 344 g/mol. The van der Waals surface area contributed by atoms with Crippen LogP contribution in [-0.2, 0) is 22.3 Å². The van der Waals surface area contributed by atoms with Crippen LogP contribution in [0.4, 0.5) is 0 Å². The van der Waals surface area contributed by atoms with Gasteiger partial charge in [0.1, 0.15) is 0 Å². The van der Waals surface area contributed by atoms with Crippen molar-refractivity contribution in [1.29, 1.82) is 0 Å². The summed E-state index contributed by atoms with van der Waals surface area (Å²) in [4.78, 5) is 0. The molecule has 2 aromatic rings. The highest BCUT2D eigenvalue weighted by molar-refractivity contribution is 7.48. The summed E-state index contributed by atoms with van der Waals surface area (Å²) in [6.45, 7) is 10.3. The van der Waals surface area contributed by atoms with Gasteiger partial charge in [0.05, 0.1) is 13.2 Å². The topological polar surface area (TPSA) is 18.5 Å². The fourth-order valence-electron chi connectivity index (χ4n) is 2.89. The molecule has 0 unspecified atom stereocenters. The molecular formula is C21H29O2P. The highest BCUT2D eigenvalue weighted by Crippen LogP contribution is 2.51. The van der Waals surface area contributed by atoms with Crippen molar-refractivity contribution in [3.05, 3.63) is 71.8 Å². The lowest BCUT2D eigenvalue weighted by Gasteiger charge is -2.32. The van der Waals surface area contributed by atoms with Crippen LogP contribution in [0.15, 0.2) is 60.7 Å². The normalized spacial score (nSPS) is 11.8. The number of benzene rings is 2. The second kappa shape index (κ2) is 9.93. The van der Waals surface area contributed by atoms with Gasteiger partial charge in [-0.3, -0.25) is 0 Å². The standard InChI is InChI=1S/C21H29O2P/c1-17(2)21(18(3)4)24(22-15-19-11-7-5-8-12-19)23-16-20-13-9-6-10-14-20/h5-14,17-18,21H,15-16H2,1-4H3. The molecule has 0 heterocycles. The molecule has 2 rings (SSSR count). The summed E-state index contributed by atoms with van der Waals surface area (Å²) >= 11 is 0. The van der Waals surface area contributed by atoms with Crippen molar-refractivity contribution in [2.75, 3.05) is 0 Å². The van der Waals surface area contributed by atoms with E-state index >= 15 is 0 Å². The molecule has 2 aromatic carbocycles. The highest BCUT2D eigenvalue weighted by atomic mass is 31.2. The van der Waals surface area contributed by atoms with Crippen molar-refractivity contribution in [3.8, 4) is 0 Å². The van der Waals surface area contributed by atoms with Gasteiger partial charge in [0.25, 0.3) is 0 Å². The minimum atomic E-state index is -0.950. The van der Waals surface area contributed by atoms with Gasteiger partial charge in [0, 0.05) is 5.66 Å². The van der Waals surface area contributed by atoms with E-state index in [9.17, 15) is 0 Å². The lowest BCUT2D eigenvalue weighted by molar-refractivity contribution is 0.216. The first-order valence-electron chi connectivity index (χ1n) is 8.71. The summed E-state index contributed by atoms with van der Waals surface area (Å²) in [7, 11) is -0.950. The van der Waals surface area contributed by atoms with Gasteiger partial charge in [-0.15, -0.1) is 0 Å². The molecule has 0 bridgehead atoms. The van der Waals surface area contributed by atoms with Crippen molar-refractivity contribution in [1.82, 2.24) is 0 Å². The van der Waals surface area contributed by atoms with Gasteiger partial charge in [0.15, 0.2) is 8.38 Å². The molecule has 0 saturated carbocycles. The molecule has 0 aliphatic rings. The SMILES string of the molecule is CC(C)C(C(C)C)P(OCc1ccccc1)OCc1ccccc1. The Morgan fingerprint density at radius 1 is 0.667 bits per heavy atom. The molecule has 0 aliphatic heterocycles. The van der Waals surface area contributed by atoms with Crippen molar-refractivity contribution in [3.63, 3.8) is 0 Å². The average Bonchev–Trinajstić information content (AvgIpc) is 2.58. The van der Waals surface area contributed by atoms with Crippen LogP contribution in [0.25, 0.3) is 0 Å². The molecule has 2 nitrogen and oxygen atoms in total. The van der Waals surface area contributed by atoms with Crippen molar-refractivity contribution < 1.29 is 9.05 Å². The van der Waals surface area contributed by atoms with E-state index in [4.69, 9.17) is 9.05 Å². The number of hydrogen-bond donors (Lipinski definition) is 0. The minimum Gasteiger partial charge on any atom is -0.329 e. The second-order valence-electron chi connectivity index (χ2n) is 6.78. The molecule has 0 saturated heterocycles. The van der Waals surface area contributed by atoms with Crippen LogP contribution in [-0.4, -0.2) is 5.66 Å². The Bertz CT molecular complexity index is 517.